The van der Waals surface area contributed by atoms with Gasteiger partial charge in [-0.05, 0) is 42.5 Å². The second kappa shape index (κ2) is 7.82. The van der Waals surface area contributed by atoms with Crippen molar-refractivity contribution in [2.75, 3.05) is 11.9 Å². The first kappa shape index (κ1) is 15.5. The minimum Gasteiger partial charge on any atom is -0.427 e. The van der Waals surface area contributed by atoms with E-state index in [1.165, 1.54) is 0 Å². The van der Waals surface area contributed by atoms with Gasteiger partial charge in [-0.1, -0.05) is 27.7 Å². The van der Waals surface area contributed by atoms with E-state index < -0.39 is 0 Å². The Hall–Kier alpha value is -1.51. The predicted octanol–water partition coefficient (Wildman–Crippen LogP) is 4.10. The Morgan fingerprint density at radius 2 is 1.74 bits per heavy atom. The van der Waals surface area contributed by atoms with Crippen molar-refractivity contribution in [3.63, 3.8) is 0 Å². The lowest BCUT2D eigenvalue weighted by Gasteiger charge is -2.10. The third-order valence-corrected chi connectivity index (χ3v) is 2.71. The van der Waals surface area contributed by atoms with Crippen molar-refractivity contribution in [3.8, 4) is 5.75 Å². The van der Waals surface area contributed by atoms with Gasteiger partial charge in [0.15, 0.2) is 0 Å². The molecule has 0 amide bonds. The Morgan fingerprint density at radius 1 is 1.11 bits per heavy atom. The molecule has 0 fully saturated rings. The molecule has 0 spiro atoms. The van der Waals surface area contributed by atoms with Crippen molar-refractivity contribution < 1.29 is 9.53 Å². The monoisotopic (exact) mass is 263 g/mol. The van der Waals surface area contributed by atoms with Crippen molar-refractivity contribution in [2.45, 2.75) is 40.5 Å². The topological polar surface area (TPSA) is 38.3 Å². The molecule has 0 unspecified atom stereocenters. The number of carbonyl (C=O) groups excluding carboxylic acids is 1. The fourth-order valence-electron chi connectivity index (χ4n) is 1.65. The van der Waals surface area contributed by atoms with E-state index in [9.17, 15) is 4.79 Å². The van der Waals surface area contributed by atoms with E-state index in [-0.39, 0.29) is 5.97 Å². The molecule has 0 aliphatic rings. The Kier molecular flexibility index (Phi) is 6.40. The first-order chi connectivity index (χ1) is 8.97. The van der Waals surface area contributed by atoms with Crippen molar-refractivity contribution in [1.29, 1.82) is 0 Å². The fourth-order valence-corrected chi connectivity index (χ4v) is 1.65. The van der Waals surface area contributed by atoms with Gasteiger partial charge in [0.1, 0.15) is 5.75 Å². The summed E-state index contributed by atoms with van der Waals surface area (Å²) >= 11 is 0. The molecule has 0 aliphatic heterocycles. The standard InChI is InChI=1S/C16H25NO2/c1-12(2)9-10-17-14-5-7-15(8-6-14)19-16(18)11-13(3)4/h5-8,12-13,17H,9-11H2,1-4H3. The average Bonchev–Trinajstić information content (AvgIpc) is 2.29. The molecule has 0 aliphatic carbocycles. The normalized spacial score (nSPS) is 10.8. The number of ether oxygens (including phenoxy) is 1. The second-order valence-corrected chi connectivity index (χ2v) is 5.71. The van der Waals surface area contributed by atoms with E-state index in [4.69, 9.17) is 4.74 Å². The van der Waals surface area contributed by atoms with Gasteiger partial charge in [-0.15, -0.1) is 0 Å². The number of nitrogens with one attached hydrogen (secondary N) is 1. The lowest BCUT2D eigenvalue weighted by molar-refractivity contribution is -0.135. The molecule has 0 bridgehead atoms. The molecular formula is C16H25NO2. The molecule has 19 heavy (non-hydrogen) atoms. The summed E-state index contributed by atoms with van der Waals surface area (Å²) in [6, 6.07) is 7.54. The van der Waals surface area contributed by atoms with Gasteiger partial charge < -0.3 is 10.1 Å². The number of carbonyl (C=O) groups is 1. The molecule has 0 radical (unpaired) electrons. The Morgan fingerprint density at radius 3 is 2.26 bits per heavy atom. The summed E-state index contributed by atoms with van der Waals surface area (Å²) in [4.78, 5) is 11.5. The highest BCUT2D eigenvalue weighted by molar-refractivity contribution is 5.72. The number of anilines is 1. The average molecular weight is 263 g/mol. The third kappa shape index (κ3) is 6.85. The maximum atomic E-state index is 11.5. The van der Waals surface area contributed by atoms with E-state index in [0.29, 0.717) is 24.0 Å². The van der Waals surface area contributed by atoms with Crippen LogP contribution in [0.4, 0.5) is 5.69 Å². The minimum atomic E-state index is -0.171. The van der Waals surface area contributed by atoms with Crippen LogP contribution in [0.2, 0.25) is 0 Å². The van der Waals surface area contributed by atoms with E-state index in [0.717, 1.165) is 18.7 Å². The number of hydrogen-bond donors (Lipinski definition) is 1. The Labute approximate surface area is 116 Å². The summed E-state index contributed by atoms with van der Waals surface area (Å²) in [5, 5.41) is 3.35. The van der Waals surface area contributed by atoms with Gasteiger partial charge in [-0.25, -0.2) is 0 Å². The van der Waals surface area contributed by atoms with Crippen LogP contribution < -0.4 is 10.1 Å². The van der Waals surface area contributed by atoms with Crippen LogP contribution in [0, 0.1) is 11.8 Å². The lowest BCUT2D eigenvalue weighted by Crippen LogP contribution is -2.10. The highest BCUT2D eigenvalue weighted by Gasteiger charge is 2.07. The summed E-state index contributed by atoms with van der Waals surface area (Å²) in [5.74, 6) is 1.46. The number of esters is 1. The van der Waals surface area contributed by atoms with Gasteiger partial charge in [-0.2, -0.15) is 0 Å². The van der Waals surface area contributed by atoms with E-state index >= 15 is 0 Å². The van der Waals surface area contributed by atoms with Crippen molar-refractivity contribution in [2.24, 2.45) is 11.8 Å². The van der Waals surface area contributed by atoms with Gasteiger partial charge in [0.05, 0.1) is 0 Å². The van der Waals surface area contributed by atoms with Crippen molar-refractivity contribution in [1.82, 2.24) is 0 Å². The van der Waals surface area contributed by atoms with Crippen LogP contribution in [0.25, 0.3) is 0 Å². The second-order valence-electron chi connectivity index (χ2n) is 5.71. The zero-order chi connectivity index (χ0) is 14.3. The number of hydrogen-bond acceptors (Lipinski definition) is 3. The van der Waals surface area contributed by atoms with Gasteiger partial charge in [0, 0.05) is 18.7 Å². The molecule has 1 aromatic carbocycles. The van der Waals surface area contributed by atoms with Crippen LogP contribution in [0.15, 0.2) is 24.3 Å². The maximum Gasteiger partial charge on any atom is 0.311 e. The molecule has 1 rings (SSSR count). The molecule has 1 N–H and O–H groups in total. The maximum absolute atomic E-state index is 11.5. The Bertz CT molecular complexity index is 382. The van der Waals surface area contributed by atoms with Gasteiger partial charge in [0.2, 0.25) is 0 Å². The molecular weight excluding hydrogens is 238 g/mol. The van der Waals surface area contributed by atoms with Crippen LogP contribution in [0.3, 0.4) is 0 Å². The van der Waals surface area contributed by atoms with Crippen molar-refractivity contribution in [3.05, 3.63) is 24.3 Å². The fraction of sp³-hybridized carbons (Fsp3) is 0.562. The largest absolute Gasteiger partial charge is 0.427 e. The zero-order valence-electron chi connectivity index (χ0n) is 12.4. The third-order valence-electron chi connectivity index (χ3n) is 2.71. The van der Waals surface area contributed by atoms with Crippen molar-refractivity contribution >= 4 is 11.7 Å². The van der Waals surface area contributed by atoms with Gasteiger partial charge >= 0.3 is 5.97 Å². The SMILES string of the molecule is CC(C)CCNc1ccc(OC(=O)CC(C)C)cc1. The quantitative estimate of drug-likeness (QED) is 0.594. The summed E-state index contributed by atoms with van der Waals surface area (Å²) in [5.41, 5.74) is 1.06. The van der Waals surface area contributed by atoms with Crippen LogP contribution in [0.1, 0.15) is 40.5 Å². The van der Waals surface area contributed by atoms with Crippen LogP contribution >= 0.6 is 0 Å². The van der Waals surface area contributed by atoms with Crippen LogP contribution in [-0.2, 0) is 4.79 Å². The molecule has 0 heterocycles. The van der Waals surface area contributed by atoms with E-state index in [2.05, 4.69) is 19.2 Å². The lowest BCUT2D eigenvalue weighted by atomic mass is 10.1. The van der Waals surface area contributed by atoms with E-state index in [1.54, 1.807) is 0 Å². The summed E-state index contributed by atoms with van der Waals surface area (Å²) in [6.07, 6.45) is 1.60. The smallest absolute Gasteiger partial charge is 0.311 e. The molecule has 3 heteroatoms. The molecule has 3 nitrogen and oxygen atoms in total. The van der Waals surface area contributed by atoms with Crippen LogP contribution in [0.5, 0.6) is 5.75 Å². The zero-order valence-corrected chi connectivity index (χ0v) is 12.4. The van der Waals surface area contributed by atoms with E-state index in [1.807, 2.05) is 38.1 Å². The molecule has 0 saturated heterocycles. The predicted molar refractivity (Wildman–Crippen MR) is 79.5 cm³/mol. The summed E-state index contributed by atoms with van der Waals surface area (Å²) in [6.45, 7) is 9.38. The molecule has 1 aromatic rings. The molecule has 0 aromatic heterocycles. The first-order valence-electron chi connectivity index (χ1n) is 7.02. The molecule has 0 atom stereocenters. The summed E-state index contributed by atoms with van der Waals surface area (Å²) < 4.78 is 5.26. The molecule has 0 saturated carbocycles. The highest BCUT2D eigenvalue weighted by atomic mass is 16.5. The number of rotatable bonds is 7. The van der Waals surface area contributed by atoms with Gasteiger partial charge in [-0.3, -0.25) is 4.79 Å². The molecule has 106 valence electrons. The first-order valence-corrected chi connectivity index (χ1v) is 7.02. The number of benzene rings is 1. The van der Waals surface area contributed by atoms with Gasteiger partial charge in [0.25, 0.3) is 0 Å². The highest BCUT2D eigenvalue weighted by Crippen LogP contribution is 2.17. The summed E-state index contributed by atoms with van der Waals surface area (Å²) in [7, 11) is 0. The van der Waals surface area contributed by atoms with Crippen LogP contribution in [-0.4, -0.2) is 12.5 Å². The Balaban J connectivity index is 2.41. The minimum absolute atomic E-state index is 0.171.